The number of hydrogen-bond acceptors (Lipinski definition) is 5. The van der Waals surface area contributed by atoms with Crippen LogP contribution in [0.1, 0.15) is 38.2 Å². The zero-order chi connectivity index (χ0) is 15.4. The molecule has 1 aromatic rings. The molecule has 7 nitrogen and oxygen atoms in total. The van der Waals surface area contributed by atoms with Gasteiger partial charge in [-0.15, -0.1) is 0 Å². The van der Waals surface area contributed by atoms with E-state index in [9.17, 15) is 20.2 Å². The van der Waals surface area contributed by atoms with Crippen LogP contribution in [0.25, 0.3) is 0 Å². The molecule has 0 bridgehead atoms. The van der Waals surface area contributed by atoms with Crippen molar-refractivity contribution in [1.29, 1.82) is 0 Å². The van der Waals surface area contributed by atoms with Crippen molar-refractivity contribution in [1.82, 2.24) is 5.32 Å². The summed E-state index contributed by atoms with van der Waals surface area (Å²) in [4.78, 5) is 20.6. The van der Waals surface area contributed by atoms with Crippen LogP contribution in [0.15, 0.2) is 18.2 Å². The lowest BCUT2D eigenvalue weighted by Crippen LogP contribution is -2.28. The maximum atomic E-state index is 11.1. The topological polar surface area (TPSA) is 98.3 Å². The molecule has 1 unspecified atom stereocenters. The molecule has 0 radical (unpaired) electrons. The quantitative estimate of drug-likeness (QED) is 0.586. The predicted octanol–water partition coefficient (Wildman–Crippen LogP) is 3.17. The molecule has 0 amide bonds. The Bertz CT molecular complexity index is 543. The molecule has 1 saturated carbocycles. The molecular formula is C14H19N3O4. The molecule has 0 heterocycles. The van der Waals surface area contributed by atoms with Crippen LogP contribution in [-0.4, -0.2) is 15.9 Å². The van der Waals surface area contributed by atoms with Crippen molar-refractivity contribution < 1.29 is 9.85 Å². The fourth-order valence-electron chi connectivity index (χ4n) is 2.39. The van der Waals surface area contributed by atoms with Crippen LogP contribution >= 0.6 is 0 Å². The van der Waals surface area contributed by atoms with Crippen LogP contribution in [0.3, 0.4) is 0 Å². The first-order chi connectivity index (χ1) is 10.0. The minimum atomic E-state index is -0.619. The second kappa shape index (κ2) is 6.62. The van der Waals surface area contributed by atoms with Crippen LogP contribution < -0.4 is 5.32 Å². The van der Waals surface area contributed by atoms with Crippen LogP contribution in [0.5, 0.6) is 0 Å². The Hall–Kier alpha value is -2.02. The number of nitro benzene ring substituents is 2. The SMILES string of the molecule is CCC(CC1CC1)NCc1ccc([N+](=O)[O-])cc1[N+](=O)[O-]. The molecule has 1 aliphatic rings. The predicted molar refractivity (Wildman–Crippen MR) is 78.0 cm³/mol. The van der Waals surface area contributed by atoms with Gasteiger partial charge in [0.1, 0.15) is 0 Å². The third-order valence-corrected chi connectivity index (χ3v) is 3.87. The largest absolute Gasteiger partial charge is 0.310 e. The molecule has 0 saturated heterocycles. The average Bonchev–Trinajstić information content (AvgIpc) is 3.26. The monoisotopic (exact) mass is 293 g/mol. The molecule has 1 aromatic carbocycles. The Balaban J connectivity index is 2.07. The number of non-ortho nitro benzene ring substituents is 1. The Morgan fingerprint density at radius 3 is 2.52 bits per heavy atom. The minimum absolute atomic E-state index is 0.196. The smallest absolute Gasteiger partial charge is 0.280 e. The lowest BCUT2D eigenvalue weighted by atomic mass is 10.1. The molecule has 0 aliphatic heterocycles. The van der Waals surface area contributed by atoms with Crippen molar-refractivity contribution in [3.63, 3.8) is 0 Å². The summed E-state index contributed by atoms with van der Waals surface area (Å²) in [6.45, 7) is 2.45. The van der Waals surface area contributed by atoms with Crippen molar-refractivity contribution in [3.8, 4) is 0 Å². The van der Waals surface area contributed by atoms with Gasteiger partial charge in [-0.25, -0.2) is 0 Å². The molecule has 1 fully saturated rings. The Morgan fingerprint density at radius 1 is 1.29 bits per heavy atom. The highest BCUT2D eigenvalue weighted by Crippen LogP contribution is 2.34. The highest BCUT2D eigenvalue weighted by Gasteiger charge is 2.25. The zero-order valence-electron chi connectivity index (χ0n) is 11.9. The number of nitrogens with one attached hydrogen (secondary N) is 1. The summed E-state index contributed by atoms with van der Waals surface area (Å²) in [6.07, 6.45) is 4.61. The van der Waals surface area contributed by atoms with E-state index in [2.05, 4.69) is 12.2 Å². The summed E-state index contributed by atoms with van der Waals surface area (Å²) in [5, 5.41) is 25.1. The summed E-state index contributed by atoms with van der Waals surface area (Å²) in [7, 11) is 0. The number of rotatable bonds is 8. The number of benzene rings is 1. The van der Waals surface area contributed by atoms with E-state index in [0.29, 0.717) is 18.2 Å². The summed E-state index contributed by atoms with van der Waals surface area (Å²) in [6, 6.07) is 4.14. The van der Waals surface area contributed by atoms with Gasteiger partial charge in [0.2, 0.25) is 0 Å². The Labute approximate surface area is 122 Å². The van der Waals surface area contributed by atoms with Gasteiger partial charge in [-0.3, -0.25) is 20.2 Å². The average molecular weight is 293 g/mol. The number of nitro groups is 2. The number of nitrogens with zero attached hydrogens (tertiary/aromatic N) is 2. The van der Waals surface area contributed by atoms with Crippen molar-refractivity contribution in [2.45, 2.75) is 45.2 Å². The van der Waals surface area contributed by atoms with Gasteiger partial charge in [0, 0.05) is 24.2 Å². The van der Waals surface area contributed by atoms with Crippen LogP contribution in [-0.2, 0) is 6.54 Å². The van der Waals surface area contributed by atoms with Crippen LogP contribution in [0.2, 0.25) is 0 Å². The van der Waals surface area contributed by atoms with E-state index in [-0.39, 0.29) is 11.4 Å². The molecule has 21 heavy (non-hydrogen) atoms. The van der Waals surface area contributed by atoms with Gasteiger partial charge in [-0.1, -0.05) is 19.8 Å². The fourth-order valence-corrected chi connectivity index (χ4v) is 2.39. The molecule has 1 N–H and O–H groups in total. The first-order valence-corrected chi connectivity index (χ1v) is 7.16. The zero-order valence-corrected chi connectivity index (χ0v) is 11.9. The first-order valence-electron chi connectivity index (χ1n) is 7.16. The van der Waals surface area contributed by atoms with E-state index >= 15 is 0 Å². The van der Waals surface area contributed by atoms with Gasteiger partial charge in [-0.2, -0.15) is 0 Å². The third kappa shape index (κ3) is 4.22. The second-order valence-electron chi connectivity index (χ2n) is 5.49. The molecule has 1 atom stereocenters. The van der Waals surface area contributed by atoms with Gasteiger partial charge >= 0.3 is 0 Å². The molecule has 7 heteroatoms. The van der Waals surface area contributed by atoms with Crippen molar-refractivity contribution in [3.05, 3.63) is 44.0 Å². The first kappa shape index (κ1) is 15.4. The lowest BCUT2D eigenvalue weighted by molar-refractivity contribution is -0.394. The van der Waals surface area contributed by atoms with Gasteiger partial charge < -0.3 is 5.32 Å². The van der Waals surface area contributed by atoms with Gasteiger partial charge in [-0.05, 0) is 24.8 Å². The summed E-state index contributed by atoms with van der Waals surface area (Å²) >= 11 is 0. The molecule has 2 rings (SSSR count). The maximum absolute atomic E-state index is 11.1. The van der Waals surface area contributed by atoms with E-state index in [0.717, 1.165) is 24.8 Å². The van der Waals surface area contributed by atoms with Crippen molar-refractivity contribution in [2.24, 2.45) is 5.92 Å². The molecular weight excluding hydrogens is 274 g/mol. The number of hydrogen-bond donors (Lipinski definition) is 1. The molecule has 0 aromatic heterocycles. The highest BCUT2D eigenvalue weighted by molar-refractivity contribution is 5.49. The molecule has 1 aliphatic carbocycles. The normalized spacial score (nSPS) is 15.7. The minimum Gasteiger partial charge on any atom is -0.310 e. The van der Waals surface area contributed by atoms with Crippen molar-refractivity contribution >= 4 is 11.4 Å². The maximum Gasteiger partial charge on any atom is 0.280 e. The Kier molecular flexibility index (Phi) is 4.85. The van der Waals surface area contributed by atoms with Gasteiger partial charge in [0.25, 0.3) is 11.4 Å². The molecule has 114 valence electrons. The van der Waals surface area contributed by atoms with E-state index < -0.39 is 9.85 Å². The standard InChI is InChI=1S/C14H19N3O4/c1-2-12(7-10-3-4-10)15-9-11-5-6-13(16(18)19)8-14(11)17(20)21/h5-6,8,10,12,15H,2-4,7,9H2,1H3. The summed E-state index contributed by atoms with van der Waals surface area (Å²) in [5.74, 6) is 0.786. The second-order valence-corrected chi connectivity index (χ2v) is 5.49. The van der Waals surface area contributed by atoms with Gasteiger partial charge in [0.15, 0.2) is 0 Å². The fraction of sp³-hybridized carbons (Fsp3) is 0.571. The van der Waals surface area contributed by atoms with Crippen LogP contribution in [0, 0.1) is 26.1 Å². The highest BCUT2D eigenvalue weighted by atomic mass is 16.6. The van der Waals surface area contributed by atoms with E-state index in [1.165, 1.54) is 25.0 Å². The van der Waals surface area contributed by atoms with Crippen molar-refractivity contribution in [2.75, 3.05) is 0 Å². The summed E-state index contributed by atoms with van der Waals surface area (Å²) < 4.78 is 0. The third-order valence-electron chi connectivity index (χ3n) is 3.87. The molecule has 0 spiro atoms. The Morgan fingerprint density at radius 2 is 2.00 bits per heavy atom. The van der Waals surface area contributed by atoms with Crippen LogP contribution in [0.4, 0.5) is 11.4 Å². The van der Waals surface area contributed by atoms with E-state index in [4.69, 9.17) is 0 Å². The van der Waals surface area contributed by atoms with E-state index in [1.807, 2.05) is 0 Å². The summed E-state index contributed by atoms with van der Waals surface area (Å²) in [5.41, 5.74) is 0.0355. The lowest BCUT2D eigenvalue weighted by Gasteiger charge is -2.16. The van der Waals surface area contributed by atoms with E-state index in [1.54, 1.807) is 0 Å². The van der Waals surface area contributed by atoms with Gasteiger partial charge in [0.05, 0.1) is 15.9 Å².